The molecule has 0 spiro atoms. The fourth-order valence-electron chi connectivity index (χ4n) is 1.59. The van der Waals surface area contributed by atoms with E-state index >= 15 is 0 Å². The van der Waals surface area contributed by atoms with E-state index in [1.807, 2.05) is 0 Å². The second-order valence-electron chi connectivity index (χ2n) is 4.06. The van der Waals surface area contributed by atoms with E-state index in [9.17, 15) is 14.0 Å². The second kappa shape index (κ2) is 6.27. The van der Waals surface area contributed by atoms with Crippen molar-refractivity contribution in [1.82, 2.24) is 9.97 Å². The van der Waals surface area contributed by atoms with Gasteiger partial charge in [-0.1, -0.05) is 11.6 Å². The summed E-state index contributed by atoms with van der Waals surface area (Å²) in [6, 6.07) is 2.61. The number of amides is 2. The molecule has 0 unspecified atom stereocenters. The van der Waals surface area contributed by atoms with Crippen molar-refractivity contribution in [2.75, 3.05) is 10.6 Å². The van der Waals surface area contributed by atoms with Gasteiger partial charge in [-0.3, -0.25) is 14.6 Å². The third-order valence-electron chi connectivity index (χ3n) is 2.66. The van der Waals surface area contributed by atoms with Crippen molar-refractivity contribution >= 4 is 35.4 Å². The summed E-state index contributed by atoms with van der Waals surface area (Å²) in [4.78, 5) is 30.2. The average Bonchev–Trinajstić information content (AvgIpc) is 2.45. The van der Waals surface area contributed by atoms with Crippen molar-refractivity contribution in [3.05, 3.63) is 46.6 Å². The van der Waals surface area contributed by atoms with Gasteiger partial charge in [0.1, 0.15) is 5.82 Å². The van der Waals surface area contributed by atoms with Gasteiger partial charge in [0.25, 0.3) is 5.91 Å². The molecule has 2 rings (SSSR count). The maximum absolute atomic E-state index is 13.5. The lowest BCUT2D eigenvalue weighted by molar-refractivity contribution is -0.105. The standard InChI is InChI=1S/C13H10ClFN4O2/c1-7-2-3-16-5-10(7)18-13(21)8-4-9(15)11(14)19-12(8)17-6-20/h2-6H,1H3,(H,18,21)(H,17,19,20). The fraction of sp³-hybridized carbons (Fsp3) is 0.0769. The Morgan fingerprint density at radius 3 is 2.90 bits per heavy atom. The normalized spacial score (nSPS) is 10.0. The first-order chi connectivity index (χ1) is 10.0. The molecule has 0 saturated heterocycles. The Morgan fingerprint density at radius 2 is 2.24 bits per heavy atom. The van der Waals surface area contributed by atoms with Crippen LogP contribution in [0.5, 0.6) is 0 Å². The van der Waals surface area contributed by atoms with E-state index in [2.05, 4.69) is 20.6 Å². The first kappa shape index (κ1) is 14.9. The molecule has 2 N–H and O–H groups in total. The molecule has 2 aromatic heterocycles. The van der Waals surface area contributed by atoms with E-state index in [1.54, 1.807) is 19.2 Å². The number of carbonyl (C=O) groups is 2. The average molecular weight is 309 g/mol. The number of halogens is 2. The van der Waals surface area contributed by atoms with Crippen LogP contribution in [0.25, 0.3) is 0 Å². The Morgan fingerprint density at radius 1 is 1.48 bits per heavy atom. The zero-order chi connectivity index (χ0) is 15.4. The highest BCUT2D eigenvalue weighted by molar-refractivity contribution is 6.30. The molecule has 0 aliphatic rings. The molecule has 6 nitrogen and oxygen atoms in total. The van der Waals surface area contributed by atoms with Crippen LogP contribution >= 0.6 is 11.6 Å². The van der Waals surface area contributed by atoms with E-state index in [0.717, 1.165) is 11.6 Å². The minimum atomic E-state index is -0.860. The molecule has 8 heteroatoms. The van der Waals surface area contributed by atoms with E-state index in [4.69, 9.17) is 11.6 Å². The van der Waals surface area contributed by atoms with Crippen molar-refractivity contribution in [1.29, 1.82) is 0 Å². The van der Waals surface area contributed by atoms with Gasteiger partial charge in [0.15, 0.2) is 11.0 Å². The number of anilines is 2. The predicted molar refractivity (Wildman–Crippen MR) is 75.8 cm³/mol. The number of aryl methyl sites for hydroxylation is 1. The van der Waals surface area contributed by atoms with E-state index in [-0.39, 0.29) is 11.4 Å². The summed E-state index contributed by atoms with van der Waals surface area (Å²) in [6.45, 7) is 1.78. The SMILES string of the molecule is Cc1ccncc1NC(=O)c1cc(F)c(Cl)nc1NC=O. The largest absolute Gasteiger partial charge is 0.320 e. The number of carbonyl (C=O) groups excluding carboxylic acids is 2. The van der Waals surface area contributed by atoms with Gasteiger partial charge >= 0.3 is 0 Å². The molecular weight excluding hydrogens is 299 g/mol. The molecule has 0 saturated carbocycles. The van der Waals surface area contributed by atoms with Gasteiger partial charge in [-0.15, -0.1) is 0 Å². The van der Waals surface area contributed by atoms with Crippen LogP contribution < -0.4 is 10.6 Å². The van der Waals surface area contributed by atoms with Gasteiger partial charge in [0.05, 0.1) is 17.4 Å². The summed E-state index contributed by atoms with van der Waals surface area (Å²) in [5.41, 5.74) is 1.10. The monoisotopic (exact) mass is 308 g/mol. The van der Waals surface area contributed by atoms with Crippen molar-refractivity contribution in [3.63, 3.8) is 0 Å². The predicted octanol–water partition coefficient (Wildman–Crippen LogP) is 2.40. The summed E-state index contributed by atoms with van der Waals surface area (Å²) >= 11 is 5.53. The van der Waals surface area contributed by atoms with Gasteiger partial charge < -0.3 is 10.6 Å². The van der Waals surface area contributed by atoms with E-state index in [1.165, 1.54) is 6.20 Å². The zero-order valence-electron chi connectivity index (χ0n) is 10.9. The lowest BCUT2D eigenvalue weighted by Crippen LogP contribution is -2.17. The minimum Gasteiger partial charge on any atom is -0.320 e. The van der Waals surface area contributed by atoms with Gasteiger partial charge in [0, 0.05) is 6.20 Å². The summed E-state index contributed by atoms with van der Waals surface area (Å²) in [6.07, 6.45) is 3.36. The Bertz CT molecular complexity index is 709. The van der Waals surface area contributed by atoms with Gasteiger partial charge in [-0.05, 0) is 24.6 Å². The van der Waals surface area contributed by atoms with Crippen LogP contribution in [0.3, 0.4) is 0 Å². The number of pyridine rings is 2. The molecule has 0 atom stereocenters. The van der Waals surface area contributed by atoms with Crippen LogP contribution in [0.1, 0.15) is 15.9 Å². The summed E-state index contributed by atoms with van der Waals surface area (Å²) in [5, 5.41) is 4.33. The van der Waals surface area contributed by atoms with Crippen LogP contribution in [0.2, 0.25) is 5.15 Å². The lowest BCUT2D eigenvalue weighted by Gasteiger charge is -2.10. The fourth-order valence-corrected chi connectivity index (χ4v) is 1.73. The molecule has 108 valence electrons. The van der Waals surface area contributed by atoms with E-state index in [0.29, 0.717) is 12.1 Å². The molecule has 0 aliphatic carbocycles. The molecule has 0 bridgehead atoms. The highest BCUT2D eigenvalue weighted by Gasteiger charge is 2.17. The van der Waals surface area contributed by atoms with Crippen LogP contribution in [-0.2, 0) is 4.79 Å². The first-order valence-corrected chi connectivity index (χ1v) is 6.19. The number of rotatable bonds is 4. The Kier molecular flexibility index (Phi) is 4.44. The lowest BCUT2D eigenvalue weighted by atomic mass is 10.2. The molecule has 0 aromatic carbocycles. The van der Waals surface area contributed by atoms with Gasteiger partial charge in [-0.25, -0.2) is 9.37 Å². The molecule has 0 aliphatic heterocycles. The molecule has 2 heterocycles. The van der Waals surface area contributed by atoms with E-state index < -0.39 is 16.9 Å². The van der Waals surface area contributed by atoms with Gasteiger partial charge in [0.2, 0.25) is 6.41 Å². The summed E-state index contributed by atoms with van der Waals surface area (Å²) in [5.74, 6) is -1.63. The molecule has 2 amide bonds. The molecule has 0 radical (unpaired) electrons. The maximum Gasteiger partial charge on any atom is 0.259 e. The van der Waals surface area contributed by atoms with Crippen molar-refractivity contribution < 1.29 is 14.0 Å². The van der Waals surface area contributed by atoms with Crippen molar-refractivity contribution in [3.8, 4) is 0 Å². The van der Waals surface area contributed by atoms with Crippen LogP contribution in [0, 0.1) is 12.7 Å². The smallest absolute Gasteiger partial charge is 0.259 e. The van der Waals surface area contributed by atoms with Crippen LogP contribution in [0.15, 0.2) is 24.5 Å². The quantitative estimate of drug-likeness (QED) is 0.671. The van der Waals surface area contributed by atoms with Crippen molar-refractivity contribution in [2.24, 2.45) is 0 Å². The molecule has 0 fully saturated rings. The number of hydrogen-bond donors (Lipinski definition) is 2. The zero-order valence-corrected chi connectivity index (χ0v) is 11.6. The molecular formula is C13H10ClFN4O2. The summed E-state index contributed by atoms with van der Waals surface area (Å²) < 4.78 is 13.5. The third kappa shape index (κ3) is 3.32. The number of nitrogens with zero attached hydrogens (tertiary/aromatic N) is 2. The second-order valence-corrected chi connectivity index (χ2v) is 4.42. The van der Waals surface area contributed by atoms with Crippen molar-refractivity contribution in [2.45, 2.75) is 6.92 Å². The summed E-state index contributed by atoms with van der Waals surface area (Å²) in [7, 11) is 0. The van der Waals surface area contributed by atoms with Gasteiger partial charge in [-0.2, -0.15) is 0 Å². The first-order valence-electron chi connectivity index (χ1n) is 5.81. The Balaban J connectivity index is 2.36. The Labute approximate surface area is 124 Å². The molecule has 21 heavy (non-hydrogen) atoms. The van der Waals surface area contributed by atoms with Crippen LogP contribution in [0.4, 0.5) is 15.9 Å². The minimum absolute atomic E-state index is 0.129. The highest BCUT2D eigenvalue weighted by atomic mass is 35.5. The third-order valence-corrected chi connectivity index (χ3v) is 2.93. The Hall–Kier alpha value is -2.54. The topological polar surface area (TPSA) is 84.0 Å². The maximum atomic E-state index is 13.5. The number of nitrogens with one attached hydrogen (secondary N) is 2. The highest BCUT2D eigenvalue weighted by Crippen LogP contribution is 2.22. The number of hydrogen-bond acceptors (Lipinski definition) is 4. The van der Waals surface area contributed by atoms with Crippen LogP contribution in [-0.4, -0.2) is 22.3 Å². The molecule has 2 aromatic rings. The number of aromatic nitrogens is 2.